The van der Waals surface area contributed by atoms with Crippen molar-refractivity contribution in [1.29, 1.82) is 0 Å². The van der Waals surface area contributed by atoms with Crippen LogP contribution in [0, 0.1) is 5.92 Å². The van der Waals surface area contributed by atoms with E-state index in [4.69, 9.17) is 0 Å². The Morgan fingerprint density at radius 2 is 2.55 bits per heavy atom. The summed E-state index contributed by atoms with van der Waals surface area (Å²) in [5.74, 6) is 0.384. The van der Waals surface area contributed by atoms with E-state index in [9.17, 15) is 9.59 Å². The van der Waals surface area contributed by atoms with Crippen LogP contribution in [0.5, 0.6) is 0 Å². The SMILES string of the molecule is CC(=O)CC1CCC=C1C=O. The molecule has 11 heavy (non-hydrogen) atoms. The number of hydrogen-bond donors (Lipinski definition) is 0. The van der Waals surface area contributed by atoms with Crippen molar-refractivity contribution in [3.05, 3.63) is 11.6 Å². The van der Waals surface area contributed by atoms with Gasteiger partial charge in [-0.1, -0.05) is 6.08 Å². The Morgan fingerprint density at radius 1 is 1.82 bits per heavy atom. The first-order chi connectivity index (χ1) is 5.24. The lowest BCUT2D eigenvalue weighted by Crippen LogP contribution is -2.05. The third-order valence-corrected chi connectivity index (χ3v) is 2.04. The van der Waals surface area contributed by atoms with E-state index in [0.717, 1.165) is 24.7 Å². The van der Waals surface area contributed by atoms with Gasteiger partial charge in [0.25, 0.3) is 0 Å². The van der Waals surface area contributed by atoms with Crippen LogP contribution in [0.4, 0.5) is 0 Å². The second-order valence-corrected chi connectivity index (χ2v) is 3.00. The van der Waals surface area contributed by atoms with Gasteiger partial charge in [0.15, 0.2) is 0 Å². The van der Waals surface area contributed by atoms with Crippen molar-refractivity contribution in [2.45, 2.75) is 26.2 Å². The highest BCUT2D eigenvalue weighted by atomic mass is 16.1. The van der Waals surface area contributed by atoms with Crippen molar-refractivity contribution in [1.82, 2.24) is 0 Å². The van der Waals surface area contributed by atoms with Crippen LogP contribution in [-0.2, 0) is 9.59 Å². The zero-order valence-electron chi connectivity index (χ0n) is 6.67. The van der Waals surface area contributed by atoms with E-state index in [-0.39, 0.29) is 11.7 Å². The largest absolute Gasteiger partial charge is 0.300 e. The number of Topliss-reactive ketones (excluding diaryl/α,β-unsaturated/α-hetero) is 1. The van der Waals surface area contributed by atoms with Crippen LogP contribution in [0.1, 0.15) is 26.2 Å². The maximum Gasteiger partial charge on any atom is 0.145 e. The van der Waals surface area contributed by atoms with Crippen LogP contribution in [0.2, 0.25) is 0 Å². The van der Waals surface area contributed by atoms with Crippen LogP contribution >= 0.6 is 0 Å². The summed E-state index contributed by atoms with van der Waals surface area (Å²) in [6.07, 6.45) is 5.26. The number of hydrogen-bond acceptors (Lipinski definition) is 2. The summed E-state index contributed by atoms with van der Waals surface area (Å²) < 4.78 is 0. The van der Waals surface area contributed by atoms with Crippen molar-refractivity contribution in [2.75, 3.05) is 0 Å². The van der Waals surface area contributed by atoms with E-state index in [1.54, 1.807) is 6.92 Å². The number of carbonyl (C=O) groups excluding carboxylic acids is 2. The first-order valence-corrected chi connectivity index (χ1v) is 3.88. The molecule has 60 valence electrons. The smallest absolute Gasteiger partial charge is 0.145 e. The molecule has 0 saturated heterocycles. The summed E-state index contributed by atoms with van der Waals surface area (Å²) in [5.41, 5.74) is 0.820. The summed E-state index contributed by atoms with van der Waals surface area (Å²) in [5, 5.41) is 0. The molecule has 0 aromatic heterocycles. The zero-order valence-corrected chi connectivity index (χ0v) is 6.67. The van der Waals surface area contributed by atoms with Gasteiger partial charge in [0.05, 0.1) is 0 Å². The molecule has 1 unspecified atom stereocenters. The molecule has 0 radical (unpaired) electrons. The fourth-order valence-electron chi connectivity index (χ4n) is 1.50. The van der Waals surface area contributed by atoms with Gasteiger partial charge in [0.2, 0.25) is 0 Å². The molecule has 0 bridgehead atoms. The van der Waals surface area contributed by atoms with E-state index < -0.39 is 0 Å². The number of rotatable bonds is 3. The minimum Gasteiger partial charge on any atom is -0.300 e. The Balaban J connectivity index is 2.53. The van der Waals surface area contributed by atoms with Crippen molar-refractivity contribution in [3.63, 3.8) is 0 Å². The van der Waals surface area contributed by atoms with E-state index in [0.29, 0.717) is 6.42 Å². The van der Waals surface area contributed by atoms with Gasteiger partial charge in [-0.15, -0.1) is 0 Å². The van der Waals surface area contributed by atoms with E-state index >= 15 is 0 Å². The third-order valence-electron chi connectivity index (χ3n) is 2.04. The van der Waals surface area contributed by atoms with Crippen molar-refractivity contribution in [2.24, 2.45) is 5.92 Å². The number of carbonyl (C=O) groups is 2. The summed E-state index contributed by atoms with van der Waals surface area (Å²) in [4.78, 5) is 21.1. The van der Waals surface area contributed by atoms with Crippen LogP contribution in [0.15, 0.2) is 11.6 Å². The van der Waals surface area contributed by atoms with Gasteiger partial charge >= 0.3 is 0 Å². The molecule has 0 heterocycles. The highest BCUT2D eigenvalue weighted by Crippen LogP contribution is 2.26. The minimum atomic E-state index is 0.171. The molecule has 0 saturated carbocycles. The first kappa shape index (κ1) is 8.18. The molecule has 2 heteroatoms. The lowest BCUT2D eigenvalue weighted by atomic mass is 9.97. The third kappa shape index (κ3) is 2.00. The summed E-state index contributed by atoms with van der Waals surface area (Å²) in [6.45, 7) is 1.57. The van der Waals surface area contributed by atoms with Gasteiger partial charge in [0.1, 0.15) is 12.1 Å². The standard InChI is InChI=1S/C9H12O2/c1-7(11)5-8-3-2-4-9(8)6-10/h4,6,8H,2-3,5H2,1H3. The van der Waals surface area contributed by atoms with Crippen LogP contribution < -0.4 is 0 Å². The molecule has 1 atom stereocenters. The van der Waals surface area contributed by atoms with E-state index in [1.165, 1.54) is 0 Å². The lowest BCUT2D eigenvalue weighted by molar-refractivity contribution is -0.117. The fourth-order valence-corrected chi connectivity index (χ4v) is 1.50. The minimum absolute atomic E-state index is 0.171. The Labute approximate surface area is 66.3 Å². The molecule has 1 aliphatic carbocycles. The molecule has 0 N–H and O–H groups in total. The lowest BCUT2D eigenvalue weighted by Gasteiger charge is -2.06. The summed E-state index contributed by atoms with van der Waals surface area (Å²) in [7, 11) is 0. The molecule has 2 nitrogen and oxygen atoms in total. The van der Waals surface area contributed by atoms with Crippen LogP contribution in [0.3, 0.4) is 0 Å². The maximum absolute atomic E-state index is 10.7. The Morgan fingerprint density at radius 3 is 3.09 bits per heavy atom. The molecule has 0 aromatic rings. The van der Waals surface area contributed by atoms with Crippen LogP contribution in [0.25, 0.3) is 0 Å². The molecule has 1 rings (SSSR count). The van der Waals surface area contributed by atoms with Gasteiger partial charge in [-0.2, -0.15) is 0 Å². The molecule has 1 aliphatic rings. The molecular formula is C9H12O2. The predicted octanol–water partition coefficient (Wildman–Crippen LogP) is 1.50. The average molecular weight is 152 g/mol. The average Bonchev–Trinajstić information content (AvgIpc) is 2.34. The Kier molecular flexibility index (Phi) is 2.58. The zero-order chi connectivity index (χ0) is 8.27. The monoisotopic (exact) mass is 152 g/mol. The quantitative estimate of drug-likeness (QED) is 0.574. The molecule has 0 spiro atoms. The van der Waals surface area contributed by atoms with Gasteiger partial charge in [-0.05, 0) is 31.3 Å². The Bertz CT molecular complexity index is 204. The van der Waals surface area contributed by atoms with E-state index in [1.807, 2.05) is 6.08 Å². The van der Waals surface area contributed by atoms with Crippen molar-refractivity contribution in [3.8, 4) is 0 Å². The van der Waals surface area contributed by atoms with Gasteiger partial charge < -0.3 is 4.79 Å². The predicted molar refractivity (Wildman–Crippen MR) is 42.2 cm³/mol. The normalized spacial score (nSPS) is 23.0. The summed E-state index contributed by atoms with van der Waals surface area (Å²) in [6, 6.07) is 0. The van der Waals surface area contributed by atoms with Gasteiger partial charge in [-0.25, -0.2) is 0 Å². The van der Waals surface area contributed by atoms with Crippen LogP contribution in [-0.4, -0.2) is 12.1 Å². The topological polar surface area (TPSA) is 34.1 Å². The first-order valence-electron chi connectivity index (χ1n) is 3.88. The second kappa shape index (κ2) is 3.46. The van der Waals surface area contributed by atoms with E-state index in [2.05, 4.69) is 0 Å². The fraction of sp³-hybridized carbons (Fsp3) is 0.556. The molecule has 0 fully saturated rings. The summed E-state index contributed by atoms with van der Waals surface area (Å²) >= 11 is 0. The number of aldehydes is 1. The molecule has 0 amide bonds. The van der Waals surface area contributed by atoms with Gasteiger partial charge in [-0.3, -0.25) is 4.79 Å². The van der Waals surface area contributed by atoms with Crippen molar-refractivity contribution < 1.29 is 9.59 Å². The van der Waals surface area contributed by atoms with Gasteiger partial charge in [0, 0.05) is 6.42 Å². The molecule has 0 aromatic carbocycles. The number of allylic oxidation sites excluding steroid dienone is 2. The number of ketones is 1. The molecular weight excluding hydrogens is 140 g/mol. The highest BCUT2D eigenvalue weighted by molar-refractivity contribution is 5.80. The van der Waals surface area contributed by atoms with Crippen molar-refractivity contribution >= 4 is 12.1 Å². The molecule has 0 aliphatic heterocycles. The maximum atomic E-state index is 10.7. The highest BCUT2D eigenvalue weighted by Gasteiger charge is 2.19. The second-order valence-electron chi connectivity index (χ2n) is 3.00. The Hall–Kier alpha value is -0.920.